The number of rotatable bonds is 3. The number of alkyl halides is 3. The van der Waals surface area contributed by atoms with Crippen molar-refractivity contribution in [2.45, 2.75) is 32.5 Å². The Hall–Kier alpha value is -1.32. The van der Waals surface area contributed by atoms with Crippen LogP contribution in [0.25, 0.3) is 0 Å². The molecule has 0 atom stereocenters. The first kappa shape index (κ1) is 14.1. The van der Waals surface area contributed by atoms with Crippen molar-refractivity contribution in [1.82, 2.24) is 4.47 Å². The average Bonchev–Trinajstić information content (AvgIpc) is 2.77. The standard InChI is InChI=1S/C13H14B2F3N/c1-9(2)12-14-8-19(15-12)7-10-3-5-11(6-4-10)13(16,17)18/h3-6,8-9H,7H2,1-2H3. The molecular weight excluding hydrogens is 249 g/mol. The van der Waals surface area contributed by atoms with Crippen molar-refractivity contribution in [2.24, 2.45) is 0 Å². The zero-order valence-electron chi connectivity index (χ0n) is 10.9. The van der Waals surface area contributed by atoms with Gasteiger partial charge in [-0.2, -0.15) is 0 Å². The minimum absolute atomic E-state index is 0.453. The van der Waals surface area contributed by atoms with Crippen LogP contribution in [-0.4, -0.2) is 18.4 Å². The van der Waals surface area contributed by atoms with Crippen LogP contribution in [0.2, 0.25) is 0 Å². The van der Waals surface area contributed by atoms with E-state index in [4.69, 9.17) is 0 Å². The van der Waals surface area contributed by atoms with E-state index in [0.717, 1.165) is 17.7 Å². The van der Waals surface area contributed by atoms with Crippen LogP contribution in [0.4, 0.5) is 13.2 Å². The second kappa shape index (κ2) is 5.35. The first-order chi connectivity index (χ1) is 8.86. The van der Waals surface area contributed by atoms with Crippen molar-refractivity contribution in [1.29, 1.82) is 0 Å². The van der Waals surface area contributed by atoms with Crippen molar-refractivity contribution in [3.8, 4) is 0 Å². The van der Waals surface area contributed by atoms with Gasteiger partial charge in [-0.1, -0.05) is 0 Å². The number of hydrogen-bond donors (Lipinski definition) is 0. The fourth-order valence-electron chi connectivity index (χ4n) is 1.91. The molecule has 0 bridgehead atoms. The van der Waals surface area contributed by atoms with Gasteiger partial charge in [0.05, 0.1) is 0 Å². The molecule has 1 nitrogen and oxygen atoms in total. The molecule has 2 rings (SSSR count). The summed E-state index contributed by atoms with van der Waals surface area (Å²) in [6.07, 6.45) is -2.32. The summed E-state index contributed by atoms with van der Waals surface area (Å²) < 4.78 is 39.3. The summed E-state index contributed by atoms with van der Waals surface area (Å²) in [6.45, 7) is 6.84. The Labute approximate surface area is 111 Å². The summed E-state index contributed by atoms with van der Waals surface area (Å²) in [5, 5.41) is 1.23. The first-order valence-corrected chi connectivity index (χ1v) is 6.18. The number of halogens is 3. The van der Waals surface area contributed by atoms with Gasteiger partial charge in [0.2, 0.25) is 0 Å². The average molecular weight is 263 g/mol. The molecule has 0 spiro atoms. The molecule has 1 aromatic heterocycles. The normalized spacial score (nSPS) is 11.7. The summed E-state index contributed by atoms with van der Waals surface area (Å²) in [7, 11) is 2.03. The quantitative estimate of drug-likeness (QED) is 0.800. The van der Waals surface area contributed by atoms with Crippen molar-refractivity contribution in [2.75, 3.05) is 0 Å². The summed E-state index contributed by atoms with van der Waals surface area (Å²) >= 11 is 0. The van der Waals surface area contributed by atoms with E-state index in [0.29, 0.717) is 12.5 Å². The molecule has 0 aliphatic heterocycles. The van der Waals surface area contributed by atoms with Gasteiger partial charge in [-0.25, -0.2) is 0 Å². The van der Waals surface area contributed by atoms with E-state index in [1.54, 1.807) is 0 Å². The summed E-state index contributed by atoms with van der Waals surface area (Å²) in [4.78, 5) is 0. The fourth-order valence-corrected chi connectivity index (χ4v) is 1.91. The number of aromatic nitrogens is 1. The van der Waals surface area contributed by atoms with E-state index in [-0.39, 0.29) is 0 Å². The minimum atomic E-state index is -4.27. The van der Waals surface area contributed by atoms with E-state index >= 15 is 0 Å². The van der Waals surface area contributed by atoms with Crippen LogP contribution in [0.1, 0.15) is 36.2 Å². The Morgan fingerprint density at radius 1 is 1.16 bits per heavy atom. The van der Waals surface area contributed by atoms with E-state index in [9.17, 15) is 13.2 Å². The van der Waals surface area contributed by atoms with Gasteiger partial charge < -0.3 is 0 Å². The Morgan fingerprint density at radius 2 is 1.79 bits per heavy atom. The van der Waals surface area contributed by atoms with Crippen molar-refractivity contribution < 1.29 is 13.2 Å². The summed E-state index contributed by atoms with van der Waals surface area (Å²) in [6, 6.07) is 5.31. The van der Waals surface area contributed by atoms with Crippen LogP contribution in [0.3, 0.4) is 0 Å². The Bertz CT molecular complexity index is 544. The first-order valence-electron chi connectivity index (χ1n) is 6.18. The van der Waals surface area contributed by atoms with Gasteiger partial charge in [0.15, 0.2) is 0 Å². The van der Waals surface area contributed by atoms with Gasteiger partial charge >= 0.3 is 111 Å². The molecule has 1 heterocycles. The summed E-state index contributed by atoms with van der Waals surface area (Å²) in [5.74, 6) is 0.453. The number of benzene rings is 1. The summed E-state index contributed by atoms with van der Waals surface area (Å²) in [5.41, 5.74) is 0.255. The van der Waals surface area contributed by atoms with E-state index in [2.05, 4.69) is 13.8 Å². The van der Waals surface area contributed by atoms with Gasteiger partial charge in [0.25, 0.3) is 0 Å². The molecule has 0 unspecified atom stereocenters. The van der Waals surface area contributed by atoms with Gasteiger partial charge in [0, 0.05) is 0 Å². The third-order valence-corrected chi connectivity index (χ3v) is 3.09. The van der Waals surface area contributed by atoms with Gasteiger partial charge in [-0.05, 0) is 0 Å². The Balaban J connectivity index is 2.11. The topological polar surface area (TPSA) is 4.93 Å². The van der Waals surface area contributed by atoms with Crippen LogP contribution in [0.5, 0.6) is 0 Å². The maximum atomic E-state index is 12.4. The Kier molecular flexibility index (Phi) is 3.97. The monoisotopic (exact) mass is 263 g/mol. The second-order valence-corrected chi connectivity index (χ2v) is 4.97. The van der Waals surface area contributed by atoms with Gasteiger partial charge in [-0.3, -0.25) is 0 Å². The molecule has 1 aromatic carbocycles. The molecular formula is C13H14B2F3N. The van der Waals surface area contributed by atoms with E-state index in [1.807, 2.05) is 24.5 Å². The molecule has 0 saturated heterocycles. The molecule has 0 N–H and O–H groups in total. The van der Waals surface area contributed by atoms with Crippen LogP contribution in [-0.2, 0) is 12.7 Å². The zero-order chi connectivity index (χ0) is 14.0. The fraction of sp³-hybridized carbons (Fsp3) is 0.385. The van der Waals surface area contributed by atoms with Gasteiger partial charge in [-0.15, -0.1) is 0 Å². The number of hydrogen-bond acceptors (Lipinski definition) is 0. The van der Waals surface area contributed by atoms with Crippen LogP contribution in [0.15, 0.2) is 30.4 Å². The van der Waals surface area contributed by atoms with Crippen molar-refractivity contribution in [3.05, 3.63) is 46.8 Å². The molecule has 0 aliphatic rings. The molecule has 0 saturated carbocycles. The SMILES string of the molecule is CC(C)c1bcn(Cc2ccc(C(F)(F)F)cc2)b1. The Morgan fingerprint density at radius 3 is 2.26 bits per heavy atom. The third kappa shape index (κ3) is 3.58. The maximum absolute atomic E-state index is 12.4. The van der Waals surface area contributed by atoms with Gasteiger partial charge in [0.1, 0.15) is 0 Å². The number of nitrogens with zero attached hydrogens (tertiary/aromatic N) is 1. The molecule has 0 fully saturated rings. The van der Waals surface area contributed by atoms with E-state index < -0.39 is 11.7 Å². The molecule has 98 valence electrons. The van der Waals surface area contributed by atoms with Crippen LogP contribution < -0.4 is 0 Å². The zero-order valence-corrected chi connectivity index (χ0v) is 10.9. The molecule has 0 radical (unpaired) electrons. The van der Waals surface area contributed by atoms with Crippen molar-refractivity contribution >= 4 is 14.0 Å². The van der Waals surface area contributed by atoms with E-state index in [1.165, 1.54) is 17.5 Å². The molecule has 19 heavy (non-hydrogen) atoms. The second-order valence-electron chi connectivity index (χ2n) is 4.97. The molecule has 0 aliphatic carbocycles. The molecule has 2 aromatic rings. The predicted molar refractivity (Wildman–Crippen MR) is 71.8 cm³/mol. The van der Waals surface area contributed by atoms with Crippen LogP contribution in [0, 0.1) is 0 Å². The predicted octanol–water partition coefficient (Wildman–Crippen LogP) is 3.35. The van der Waals surface area contributed by atoms with Crippen LogP contribution >= 0.6 is 0 Å². The van der Waals surface area contributed by atoms with Crippen molar-refractivity contribution in [3.63, 3.8) is 0 Å². The third-order valence-electron chi connectivity index (χ3n) is 3.09. The molecule has 6 heteroatoms. The molecule has 0 amide bonds.